The number of carbonyl (C=O) groups excluding carboxylic acids is 1. The largest absolute Gasteiger partial charge is 0.481 e. The van der Waals surface area contributed by atoms with Crippen LogP contribution in [-0.4, -0.2) is 42.4 Å². The van der Waals surface area contributed by atoms with Crippen LogP contribution in [-0.2, 0) is 19.1 Å². The Kier molecular flexibility index (Phi) is 7.16. The van der Waals surface area contributed by atoms with Crippen LogP contribution in [0.15, 0.2) is 18.2 Å². The summed E-state index contributed by atoms with van der Waals surface area (Å²) in [6.45, 7) is 2.57. The van der Waals surface area contributed by atoms with Crippen LogP contribution in [0, 0.1) is 5.82 Å². The molecule has 1 aromatic rings. The fraction of sp³-hybridized carbons (Fsp3) is 0.529. The van der Waals surface area contributed by atoms with Crippen molar-refractivity contribution < 1.29 is 28.6 Å². The van der Waals surface area contributed by atoms with E-state index in [9.17, 15) is 14.0 Å². The molecule has 1 aliphatic rings. The minimum Gasteiger partial charge on any atom is -0.481 e. The molecule has 0 spiro atoms. The molecule has 8 heteroatoms. The number of hydrogen-bond acceptors (Lipinski definition) is 4. The van der Waals surface area contributed by atoms with E-state index in [-0.39, 0.29) is 17.5 Å². The Labute approximate surface area is 150 Å². The van der Waals surface area contributed by atoms with E-state index in [1.54, 1.807) is 6.92 Å². The summed E-state index contributed by atoms with van der Waals surface area (Å²) >= 11 is 5.64. The van der Waals surface area contributed by atoms with Gasteiger partial charge in [-0.05, 0) is 37.5 Å². The molecule has 3 unspecified atom stereocenters. The van der Waals surface area contributed by atoms with Gasteiger partial charge in [0, 0.05) is 6.61 Å². The molecule has 1 amide bonds. The molecule has 25 heavy (non-hydrogen) atoms. The highest BCUT2D eigenvalue weighted by Crippen LogP contribution is 2.23. The van der Waals surface area contributed by atoms with Crippen molar-refractivity contribution in [2.45, 2.75) is 44.4 Å². The summed E-state index contributed by atoms with van der Waals surface area (Å²) in [4.78, 5) is 23.3. The predicted molar refractivity (Wildman–Crippen MR) is 88.9 cm³/mol. The highest BCUT2D eigenvalue weighted by atomic mass is 35.5. The Hall–Kier alpha value is -1.70. The highest BCUT2D eigenvalue weighted by molar-refractivity contribution is 6.30. The maximum absolute atomic E-state index is 13.6. The van der Waals surface area contributed by atoms with Crippen LogP contribution in [0.4, 0.5) is 4.39 Å². The van der Waals surface area contributed by atoms with Gasteiger partial charge in [-0.25, -0.2) is 4.39 Å². The Morgan fingerprint density at radius 2 is 2.28 bits per heavy atom. The van der Waals surface area contributed by atoms with E-state index in [1.165, 1.54) is 12.1 Å². The van der Waals surface area contributed by atoms with Gasteiger partial charge in [0.25, 0.3) is 0 Å². The molecule has 1 aromatic carbocycles. The second-order valence-electron chi connectivity index (χ2n) is 5.94. The number of rotatable bonds is 8. The number of ether oxygens (including phenoxy) is 2. The van der Waals surface area contributed by atoms with Crippen molar-refractivity contribution in [2.75, 3.05) is 13.2 Å². The first-order chi connectivity index (χ1) is 11.9. The summed E-state index contributed by atoms with van der Waals surface area (Å²) in [5.41, 5.74) is 0.323. The number of carbonyl (C=O) groups is 2. The number of benzene rings is 1. The van der Waals surface area contributed by atoms with E-state index in [4.69, 9.17) is 26.2 Å². The third-order valence-corrected chi connectivity index (χ3v) is 4.27. The second kappa shape index (κ2) is 9.12. The molecule has 0 aromatic heterocycles. The first-order valence-corrected chi connectivity index (χ1v) is 8.45. The summed E-state index contributed by atoms with van der Waals surface area (Å²) in [6, 6.07) is 3.04. The molecule has 2 N–H and O–H groups in total. The van der Waals surface area contributed by atoms with Gasteiger partial charge < -0.3 is 19.9 Å². The monoisotopic (exact) mass is 373 g/mol. The number of hydrogen-bond donors (Lipinski definition) is 2. The van der Waals surface area contributed by atoms with Gasteiger partial charge >= 0.3 is 5.97 Å². The first-order valence-electron chi connectivity index (χ1n) is 8.07. The molecular formula is C17H21ClFNO5. The van der Waals surface area contributed by atoms with Gasteiger partial charge in [-0.2, -0.15) is 0 Å². The number of carboxylic acids is 1. The van der Waals surface area contributed by atoms with Crippen LogP contribution < -0.4 is 5.32 Å². The first kappa shape index (κ1) is 19.6. The molecular weight excluding hydrogens is 353 g/mol. The van der Waals surface area contributed by atoms with Crippen LogP contribution in [0.2, 0.25) is 5.02 Å². The Bertz CT molecular complexity index is 621. The van der Waals surface area contributed by atoms with Gasteiger partial charge in [-0.15, -0.1) is 0 Å². The molecule has 138 valence electrons. The minimum absolute atomic E-state index is 0.0181. The van der Waals surface area contributed by atoms with Crippen LogP contribution in [0.5, 0.6) is 0 Å². The zero-order valence-electron chi connectivity index (χ0n) is 13.8. The summed E-state index contributed by atoms with van der Waals surface area (Å²) in [7, 11) is 0. The molecule has 0 aliphatic carbocycles. The maximum atomic E-state index is 13.6. The topological polar surface area (TPSA) is 84.9 Å². The number of aliphatic carboxylic acids is 1. The lowest BCUT2D eigenvalue weighted by molar-refractivity contribution is -0.138. The zero-order chi connectivity index (χ0) is 18.4. The van der Waals surface area contributed by atoms with Crippen molar-refractivity contribution in [1.82, 2.24) is 5.32 Å². The number of nitrogens with one attached hydrogen (secondary N) is 1. The summed E-state index contributed by atoms with van der Waals surface area (Å²) in [5.74, 6) is -2.26. The second-order valence-corrected chi connectivity index (χ2v) is 6.35. The molecule has 3 atom stereocenters. The molecule has 2 rings (SSSR count). The van der Waals surface area contributed by atoms with Gasteiger partial charge in [0.1, 0.15) is 11.9 Å². The van der Waals surface area contributed by atoms with Crippen molar-refractivity contribution >= 4 is 23.5 Å². The van der Waals surface area contributed by atoms with Gasteiger partial charge in [-0.1, -0.05) is 17.7 Å². The predicted octanol–water partition coefficient (Wildman–Crippen LogP) is 2.70. The fourth-order valence-electron chi connectivity index (χ4n) is 2.55. The third-order valence-electron chi connectivity index (χ3n) is 3.97. The average molecular weight is 374 g/mol. The lowest BCUT2D eigenvalue weighted by atomic mass is 10.0. The summed E-state index contributed by atoms with van der Waals surface area (Å²) in [6.07, 6.45) is 0.677. The van der Waals surface area contributed by atoms with E-state index >= 15 is 0 Å². The highest BCUT2D eigenvalue weighted by Gasteiger charge is 2.24. The maximum Gasteiger partial charge on any atom is 0.305 e. The summed E-state index contributed by atoms with van der Waals surface area (Å²) in [5, 5.41) is 11.6. The number of carboxylic acid groups (broad SMARTS) is 1. The van der Waals surface area contributed by atoms with Crippen LogP contribution >= 0.6 is 11.6 Å². The quantitative estimate of drug-likeness (QED) is 0.731. The van der Waals surface area contributed by atoms with E-state index < -0.39 is 29.8 Å². The van der Waals surface area contributed by atoms with E-state index in [1.807, 2.05) is 0 Å². The molecule has 6 nitrogen and oxygen atoms in total. The molecule has 0 bridgehead atoms. The lowest BCUT2D eigenvalue weighted by Gasteiger charge is -2.21. The van der Waals surface area contributed by atoms with Crippen molar-refractivity contribution in [2.24, 2.45) is 0 Å². The van der Waals surface area contributed by atoms with E-state index in [0.717, 1.165) is 18.9 Å². The molecule has 0 radical (unpaired) electrons. The Morgan fingerprint density at radius 1 is 1.52 bits per heavy atom. The molecule has 1 aliphatic heterocycles. The number of amides is 1. The SMILES string of the molecule is CC(OCC1CCCO1)C(=O)NC(CC(=O)O)c1ccc(Cl)c(F)c1. The Balaban J connectivity index is 1.98. The standard InChI is InChI=1S/C17H21ClFNO5/c1-10(25-9-12-3-2-6-24-12)17(23)20-15(8-16(21)22)11-4-5-13(18)14(19)7-11/h4-5,7,10,12,15H,2-3,6,8-9H2,1H3,(H,20,23)(H,21,22). The van der Waals surface area contributed by atoms with E-state index in [0.29, 0.717) is 18.8 Å². The van der Waals surface area contributed by atoms with Crippen LogP contribution in [0.1, 0.15) is 37.8 Å². The molecule has 1 heterocycles. The molecule has 1 saturated heterocycles. The van der Waals surface area contributed by atoms with Gasteiger partial charge in [-0.3, -0.25) is 9.59 Å². The van der Waals surface area contributed by atoms with E-state index in [2.05, 4.69) is 5.32 Å². The fourth-order valence-corrected chi connectivity index (χ4v) is 2.67. The third kappa shape index (κ3) is 5.95. The molecule has 1 fully saturated rings. The number of halogens is 2. The van der Waals surface area contributed by atoms with Crippen molar-refractivity contribution in [1.29, 1.82) is 0 Å². The van der Waals surface area contributed by atoms with Crippen LogP contribution in [0.3, 0.4) is 0 Å². The normalized spacial score (nSPS) is 19.4. The molecule has 0 saturated carbocycles. The van der Waals surface area contributed by atoms with Crippen molar-refractivity contribution in [3.05, 3.63) is 34.6 Å². The van der Waals surface area contributed by atoms with Gasteiger partial charge in [0.15, 0.2) is 0 Å². The Morgan fingerprint density at radius 3 is 2.88 bits per heavy atom. The lowest BCUT2D eigenvalue weighted by Crippen LogP contribution is -2.39. The summed E-state index contributed by atoms with van der Waals surface area (Å²) < 4.78 is 24.6. The average Bonchev–Trinajstić information content (AvgIpc) is 3.07. The minimum atomic E-state index is -1.12. The smallest absolute Gasteiger partial charge is 0.305 e. The van der Waals surface area contributed by atoms with Crippen molar-refractivity contribution in [3.63, 3.8) is 0 Å². The zero-order valence-corrected chi connectivity index (χ0v) is 14.6. The van der Waals surface area contributed by atoms with Crippen molar-refractivity contribution in [3.8, 4) is 0 Å². The van der Waals surface area contributed by atoms with Crippen LogP contribution in [0.25, 0.3) is 0 Å². The van der Waals surface area contributed by atoms with Gasteiger partial charge in [0.2, 0.25) is 5.91 Å². The van der Waals surface area contributed by atoms with Gasteiger partial charge in [0.05, 0.1) is 30.2 Å².